The predicted octanol–water partition coefficient (Wildman–Crippen LogP) is 4.50. The van der Waals surface area contributed by atoms with E-state index in [0.717, 1.165) is 37.1 Å². The normalized spacial score (nSPS) is 25.7. The van der Waals surface area contributed by atoms with Gasteiger partial charge in [-0.2, -0.15) is 0 Å². The second-order valence-corrected chi connectivity index (χ2v) is 9.23. The number of nitrogens with zero attached hydrogens (tertiary/aromatic N) is 1. The van der Waals surface area contributed by atoms with Gasteiger partial charge in [0.2, 0.25) is 0 Å². The third-order valence-electron chi connectivity index (χ3n) is 5.87. The maximum absolute atomic E-state index is 15.3. The largest absolute Gasteiger partial charge is 0.493 e. The zero-order valence-electron chi connectivity index (χ0n) is 17.0. The molecule has 0 amide bonds. The molecule has 4 nitrogen and oxygen atoms in total. The first-order chi connectivity index (χ1) is 12.9. The highest BCUT2D eigenvalue weighted by atomic mass is 19.1. The van der Waals surface area contributed by atoms with Crippen molar-refractivity contribution in [1.29, 1.82) is 0 Å². The minimum atomic E-state index is -0.210. The monoisotopic (exact) mass is 377 g/mol. The maximum atomic E-state index is 15.3. The summed E-state index contributed by atoms with van der Waals surface area (Å²) in [5, 5.41) is 0. The van der Waals surface area contributed by atoms with Gasteiger partial charge in [0, 0.05) is 19.1 Å². The second kappa shape index (κ2) is 7.25. The van der Waals surface area contributed by atoms with E-state index in [-0.39, 0.29) is 23.6 Å². The minimum absolute atomic E-state index is 0.131. The molecule has 5 heteroatoms. The molecule has 1 aromatic carbocycles. The van der Waals surface area contributed by atoms with Crippen molar-refractivity contribution >= 4 is 0 Å². The standard InChI is InChI=1S/C22H32FNO3/c1-22(2,3)27-15-7-8-18-17-11-19(25-4)21(26-13-14-5-6-14)20(23)16(17)9-10-24(18)12-15/h11,14-15,18H,5-10,12-13H2,1-4H3. The first kappa shape index (κ1) is 19.0. The molecule has 0 N–H and O–H groups in total. The van der Waals surface area contributed by atoms with Gasteiger partial charge in [-0.15, -0.1) is 0 Å². The van der Waals surface area contributed by atoms with Crippen molar-refractivity contribution in [1.82, 2.24) is 4.90 Å². The van der Waals surface area contributed by atoms with Crippen LogP contribution in [-0.2, 0) is 11.2 Å². The van der Waals surface area contributed by atoms with Crippen molar-refractivity contribution in [2.24, 2.45) is 5.92 Å². The number of hydrogen-bond acceptors (Lipinski definition) is 4. The molecule has 1 saturated heterocycles. The van der Waals surface area contributed by atoms with Crippen molar-refractivity contribution in [3.63, 3.8) is 0 Å². The summed E-state index contributed by atoms with van der Waals surface area (Å²) in [6, 6.07) is 2.26. The lowest BCUT2D eigenvalue weighted by molar-refractivity contribution is -0.0972. The van der Waals surface area contributed by atoms with E-state index >= 15 is 4.39 Å². The molecule has 1 aromatic rings. The van der Waals surface area contributed by atoms with Gasteiger partial charge in [-0.3, -0.25) is 4.90 Å². The van der Waals surface area contributed by atoms with Crippen LogP contribution in [0.2, 0.25) is 0 Å². The van der Waals surface area contributed by atoms with E-state index in [9.17, 15) is 0 Å². The summed E-state index contributed by atoms with van der Waals surface area (Å²) >= 11 is 0. The summed E-state index contributed by atoms with van der Waals surface area (Å²) < 4.78 is 32.8. The molecule has 2 unspecified atom stereocenters. The van der Waals surface area contributed by atoms with Crippen LogP contribution in [0, 0.1) is 11.7 Å². The fourth-order valence-electron chi connectivity index (χ4n) is 4.45. The highest BCUT2D eigenvalue weighted by molar-refractivity contribution is 5.51. The number of benzene rings is 1. The fourth-order valence-corrected chi connectivity index (χ4v) is 4.45. The average Bonchev–Trinajstić information content (AvgIpc) is 3.43. The number of hydrogen-bond donors (Lipinski definition) is 0. The Hall–Kier alpha value is -1.33. The third-order valence-corrected chi connectivity index (χ3v) is 5.87. The number of ether oxygens (including phenoxy) is 3. The van der Waals surface area contributed by atoms with Gasteiger partial charge in [0.05, 0.1) is 25.4 Å². The zero-order valence-corrected chi connectivity index (χ0v) is 17.0. The van der Waals surface area contributed by atoms with Crippen molar-refractivity contribution in [2.75, 3.05) is 26.8 Å². The van der Waals surface area contributed by atoms with E-state index in [1.807, 2.05) is 6.07 Å². The SMILES string of the molecule is COc1cc2c(c(F)c1OCC1CC1)CCN1CC(OC(C)(C)C)CCC21. The lowest BCUT2D eigenvalue weighted by Crippen LogP contribution is -2.47. The third kappa shape index (κ3) is 4.09. The highest BCUT2D eigenvalue weighted by Gasteiger charge is 2.37. The summed E-state index contributed by atoms with van der Waals surface area (Å²) in [6.45, 7) is 8.68. The number of fused-ring (bicyclic) bond motifs is 3. The number of rotatable bonds is 5. The molecule has 1 saturated carbocycles. The number of piperidine rings is 1. The molecule has 150 valence electrons. The summed E-state index contributed by atoms with van der Waals surface area (Å²) in [5.74, 6) is 1.21. The topological polar surface area (TPSA) is 30.9 Å². The molecule has 0 radical (unpaired) electrons. The number of methoxy groups -OCH3 is 1. The lowest BCUT2D eigenvalue weighted by atomic mass is 9.85. The molecular formula is C22H32FNO3. The maximum Gasteiger partial charge on any atom is 0.197 e. The molecule has 1 aliphatic carbocycles. The molecule has 0 bridgehead atoms. The predicted molar refractivity (Wildman–Crippen MR) is 103 cm³/mol. The van der Waals surface area contributed by atoms with Gasteiger partial charge in [0.25, 0.3) is 0 Å². The summed E-state index contributed by atoms with van der Waals surface area (Å²) in [4.78, 5) is 2.45. The Balaban J connectivity index is 1.56. The van der Waals surface area contributed by atoms with Gasteiger partial charge < -0.3 is 14.2 Å². The van der Waals surface area contributed by atoms with E-state index in [1.54, 1.807) is 7.11 Å². The van der Waals surface area contributed by atoms with E-state index in [2.05, 4.69) is 25.7 Å². The Kier molecular flexibility index (Phi) is 5.10. The van der Waals surface area contributed by atoms with Crippen LogP contribution in [0.4, 0.5) is 4.39 Å². The first-order valence-corrected chi connectivity index (χ1v) is 10.3. The van der Waals surface area contributed by atoms with Gasteiger partial charge in [0.1, 0.15) is 0 Å². The molecule has 0 aromatic heterocycles. The van der Waals surface area contributed by atoms with Crippen molar-refractivity contribution in [3.05, 3.63) is 23.0 Å². The van der Waals surface area contributed by atoms with Crippen molar-refractivity contribution in [3.8, 4) is 11.5 Å². The molecular weight excluding hydrogens is 345 g/mol. The molecule has 0 spiro atoms. The molecule has 3 aliphatic rings. The van der Waals surface area contributed by atoms with Crippen LogP contribution < -0.4 is 9.47 Å². The van der Waals surface area contributed by atoms with E-state index in [0.29, 0.717) is 30.4 Å². The highest BCUT2D eigenvalue weighted by Crippen LogP contribution is 2.45. The number of halogens is 1. The Labute approximate surface area is 162 Å². The van der Waals surface area contributed by atoms with Gasteiger partial charge >= 0.3 is 0 Å². The van der Waals surface area contributed by atoms with Crippen LogP contribution >= 0.6 is 0 Å². The Bertz CT molecular complexity index is 696. The van der Waals surface area contributed by atoms with Crippen LogP contribution in [0.3, 0.4) is 0 Å². The van der Waals surface area contributed by atoms with Crippen LogP contribution in [0.15, 0.2) is 6.07 Å². The van der Waals surface area contributed by atoms with Crippen molar-refractivity contribution < 1.29 is 18.6 Å². The van der Waals surface area contributed by atoms with E-state index < -0.39 is 0 Å². The quantitative estimate of drug-likeness (QED) is 0.756. The van der Waals surface area contributed by atoms with Gasteiger partial charge in [0.15, 0.2) is 17.3 Å². The minimum Gasteiger partial charge on any atom is -0.493 e. The average molecular weight is 378 g/mol. The Morgan fingerprint density at radius 3 is 2.63 bits per heavy atom. The van der Waals surface area contributed by atoms with Gasteiger partial charge in [-0.25, -0.2) is 4.39 Å². The fraction of sp³-hybridized carbons (Fsp3) is 0.727. The Morgan fingerprint density at radius 2 is 1.96 bits per heavy atom. The summed E-state index contributed by atoms with van der Waals surface area (Å²) in [6.07, 6.45) is 5.31. The molecule has 4 rings (SSSR count). The Morgan fingerprint density at radius 1 is 1.19 bits per heavy atom. The van der Waals surface area contributed by atoms with Crippen LogP contribution in [0.1, 0.15) is 63.6 Å². The first-order valence-electron chi connectivity index (χ1n) is 10.3. The molecule has 2 fully saturated rings. The molecule has 2 aliphatic heterocycles. The lowest BCUT2D eigenvalue weighted by Gasteiger charge is -2.45. The van der Waals surface area contributed by atoms with E-state index in [4.69, 9.17) is 14.2 Å². The molecule has 2 heterocycles. The summed E-state index contributed by atoms with van der Waals surface area (Å²) in [7, 11) is 1.60. The smallest absolute Gasteiger partial charge is 0.197 e. The molecule has 2 atom stereocenters. The summed E-state index contributed by atoms with van der Waals surface area (Å²) in [5.41, 5.74) is 1.76. The second-order valence-electron chi connectivity index (χ2n) is 9.23. The van der Waals surface area contributed by atoms with E-state index in [1.165, 1.54) is 12.8 Å². The van der Waals surface area contributed by atoms with Crippen LogP contribution in [-0.4, -0.2) is 43.4 Å². The van der Waals surface area contributed by atoms with Gasteiger partial charge in [-0.05, 0) is 76.0 Å². The van der Waals surface area contributed by atoms with Crippen LogP contribution in [0.25, 0.3) is 0 Å². The van der Waals surface area contributed by atoms with Crippen molar-refractivity contribution in [2.45, 2.75) is 70.6 Å². The van der Waals surface area contributed by atoms with Crippen LogP contribution in [0.5, 0.6) is 11.5 Å². The molecule has 27 heavy (non-hydrogen) atoms. The van der Waals surface area contributed by atoms with Gasteiger partial charge in [-0.1, -0.05) is 0 Å². The zero-order chi connectivity index (χ0) is 19.2.